The maximum Gasteiger partial charge on any atom is 0.276 e. The van der Waals surface area contributed by atoms with Crippen LogP contribution >= 0.6 is 12.4 Å². The van der Waals surface area contributed by atoms with Crippen LogP contribution in [0.3, 0.4) is 0 Å². The van der Waals surface area contributed by atoms with Crippen LogP contribution in [0.4, 0.5) is 5.69 Å². The fraction of sp³-hybridized carbons (Fsp3) is 0.444. The Morgan fingerprint density at radius 2 is 2.04 bits per heavy atom. The Morgan fingerprint density at radius 3 is 2.88 bits per heavy atom. The van der Waals surface area contributed by atoms with E-state index in [4.69, 9.17) is 4.74 Å². The Hall–Kier alpha value is -2.05. The number of benzene rings is 1. The van der Waals surface area contributed by atoms with Crippen LogP contribution < -0.4 is 15.4 Å². The van der Waals surface area contributed by atoms with Crippen molar-refractivity contribution in [2.75, 3.05) is 11.9 Å². The van der Waals surface area contributed by atoms with Crippen molar-refractivity contribution in [1.29, 1.82) is 0 Å². The van der Waals surface area contributed by atoms with E-state index >= 15 is 0 Å². The van der Waals surface area contributed by atoms with E-state index in [1.165, 1.54) is 12.8 Å². The first-order chi connectivity index (χ1) is 11.8. The number of hydrogen-bond donors (Lipinski definition) is 3. The summed E-state index contributed by atoms with van der Waals surface area (Å²) in [5, 5.41) is 13.4. The summed E-state index contributed by atoms with van der Waals surface area (Å²) in [6, 6.07) is 7.62. The van der Waals surface area contributed by atoms with E-state index in [2.05, 4.69) is 20.8 Å². The lowest BCUT2D eigenvalue weighted by Gasteiger charge is -2.17. The summed E-state index contributed by atoms with van der Waals surface area (Å²) in [5.41, 5.74) is 3.19. The summed E-state index contributed by atoms with van der Waals surface area (Å²) in [6.07, 6.45) is 5.72. The fourth-order valence-corrected chi connectivity index (χ4v) is 3.45. The second-order valence-corrected chi connectivity index (χ2v) is 6.43. The first kappa shape index (κ1) is 17.8. The lowest BCUT2D eigenvalue weighted by molar-refractivity contribution is 0.102. The molecule has 6 nitrogen and oxygen atoms in total. The number of carbonyl (C=O) groups is 1. The van der Waals surface area contributed by atoms with Crippen LogP contribution in [0.15, 0.2) is 24.3 Å². The van der Waals surface area contributed by atoms with Crippen LogP contribution in [0.25, 0.3) is 0 Å². The number of aromatic nitrogens is 2. The maximum absolute atomic E-state index is 12.7. The van der Waals surface area contributed by atoms with E-state index in [-0.39, 0.29) is 24.4 Å². The molecule has 1 aromatic heterocycles. The standard InChI is InChI=1S/C18H22N4O2.ClH/c23-18(17-13-11-19-10-9-14(13)21-22-17)20-15-7-3-4-8-16(15)24-12-5-1-2-6-12;/h3-4,7-8,12,19H,1-2,5-6,9-11H2,(H,20,23)(H,21,22);1H. The lowest BCUT2D eigenvalue weighted by atomic mass is 10.1. The van der Waals surface area contributed by atoms with Crippen molar-refractivity contribution in [3.63, 3.8) is 0 Å². The van der Waals surface area contributed by atoms with Gasteiger partial charge in [0.05, 0.1) is 11.8 Å². The number of hydrogen-bond acceptors (Lipinski definition) is 4. The van der Waals surface area contributed by atoms with Gasteiger partial charge in [-0.25, -0.2) is 0 Å². The van der Waals surface area contributed by atoms with Crippen LogP contribution in [0.1, 0.15) is 47.4 Å². The molecule has 7 heteroatoms. The predicted molar refractivity (Wildman–Crippen MR) is 98.5 cm³/mol. The van der Waals surface area contributed by atoms with Crippen molar-refractivity contribution in [3.8, 4) is 5.75 Å². The van der Waals surface area contributed by atoms with E-state index < -0.39 is 0 Å². The Morgan fingerprint density at radius 1 is 1.24 bits per heavy atom. The molecular formula is C18H23ClN4O2. The van der Waals surface area contributed by atoms with Gasteiger partial charge in [0.1, 0.15) is 5.75 Å². The van der Waals surface area contributed by atoms with Crippen molar-refractivity contribution in [2.24, 2.45) is 0 Å². The third kappa shape index (κ3) is 3.80. The molecule has 1 aliphatic carbocycles. The summed E-state index contributed by atoms with van der Waals surface area (Å²) >= 11 is 0. The SMILES string of the molecule is Cl.O=C(Nc1ccccc1OC1CCCC1)c1n[nH]c2c1CNCC2. The molecule has 1 aliphatic heterocycles. The monoisotopic (exact) mass is 362 g/mol. The normalized spacial score (nSPS) is 16.8. The average Bonchev–Trinajstić information content (AvgIpc) is 3.26. The Bertz CT molecular complexity index is 740. The highest BCUT2D eigenvalue weighted by atomic mass is 35.5. The number of carbonyl (C=O) groups excluding carboxylic acids is 1. The number of halogens is 1. The topological polar surface area (TPSA) is 79.0 Å². The van der Waals surface area contributed by atoms with E-state index in [1.807, 2.05) is 24.3 Å². The second kappa shape index (κ2) is 7.89. The van der Waals surface area contributed by atoms with Gasteiger partial charge >= 0.3 is 0 Å². The van der Waals surface area contributed by atoms with Crippen LogP contribution in [-0.4, -0.2) is 28.8 Å². The molecule has 4 rings (SSSR count). The van der Waals surface area contributed by atoms with Crippen molar-refractivity contribution < 1.29 is 9.53 Å². The summed E-state index contributed by atoms with van der Waals surface area (Å²) in [5.74, 6) is 0.541. The summed E-state index contributed by atoms with van der Waals surface area (Å²) in [4.78, 5) is 12.7. The average molecular weight is 363 g/mol. The molecule has 0 atom stereocenters. The van der Waals surface area contributed by atoms with Gasteiger partial charge in [-0.05, 0) is 37.8 Å². The third-order valence-electron chi connectivity index (χ3n) is 4.75. The molecule has 1 amide bonds. The molecule has 1 fully saturated rings. The molecule has 0 radical (unpaired) electrons. The lowest BCUT2D eigenvalue weighted by Crippen LogP contribution is -2.25. The number of ether oxygens (including phenoxy) is 1. The van der Waals surface area contributed by atoms with Crippen molar-refractivity contribution in [2.45, 2.75) is 44.8 Å². The second-order valence-electron chi connectivity index (χ2n) is 6.43. The molecule has 0 bridgehead atoms. The summed E-state index contributed by atoms with van der Waals surface area (Å²) in [6.45, 7) is 1.59. The molecule has 2 aromatic rings. The minimum absolute atomic E-state index is 0. The van der Waals surface area contributed by atoms with E-state index in [0.29, 0.717) is 17.9 Å². The number of rotatable bonds is 4. The van der Waals surface area contributed by atoms with Crippen LogP contribution in [-0.2, 0) is 13.0 Å². The third-order valence-corrected chi connectivity index (χ3v) is 4.75. The molecule has 0 unspecified atom stereocenters. The number of anilines is 1. The van der Waals surface area contributed by atoms with Gasteiger partial charge in [-0.15, -0.1) is 12.4 Å². The number of fused-ring (bicyclic) bond motifs is 1. The van der Waals surface area contributed by atoms with E-state index in [9.17, 15) is 4.79 Å². The van der Waals surface area contributed by atoms with Crippen LogP contribution in [0.2, 0.25) is 0 Å². The smallest absolute Gasteiger partial charge is 0.276 e. The van der Waals surface area contributed by atoms with Gasteiger partial charge in [0.25, 0.3) is 5.91 Å². The molecule has 0 spiro atoms. The van der Waals surface area contributed by atoms with Gasteiger partial charge in [0.2, 0.25) is 0 Å². The van der Waals surface area contributed by atoms with Gasteiger partial charge in [-0.1, -0.05) is 12.1 Å². The molecule has 2 aliphatic rings. The minimum Gasteiger partial charge on any atom is -0.488 e. The zero-order valence-electron chi connectivity index (χ0n) is 14.0. The van der Waals surface area contributed by atoms with Gasteiger partial charge in [-0.3, -0.25) is 9.89 Å². The summed E-state index contributed by atoms with van der Waals surface area (Å²) in [7, 11) is 0. The number of nitrogens with zero attached hydrogens (tertiary/aromatic N) is 1. The zero-order chi connectivity index (χ0) is 16.4. The molecule has 1 saturated carbocycles. The zero-order valence-corrected chi connectivity index (χ0v) is 14.8. The van der Waals surface area contributed by atoms with E-state index in [0.717, 1.165) is 42.8 Å². The molecule has 1 aromatic carbocycles. The molecule has 134 valence electrons. The minimum atomic E-state index is -0.196. The molecule has 2 heterocycles. The fourth-order valence-electron chi connectivity index (χ4n) is 3.45. The first-order valence-electron chi connectivity index (χ1n) is 8.65. The predicted octanol–water partition coefficient (Wildman–Crippen LogP) is 3.05. The number of aromatic amines is 1. The van der Waals surface area contributed by atoms with Crippen molar-refractivity contribution >= 4 is 24.0 Å². The quantitative estimate of drug-likeness (QED) is 0.781. The Labute approximate surface area is 153 Å². The number of nitrogens with one attached hydrogen (secondary N) is 3. The number of amides is 1. The van der Waals surface area contributed by atoms with Crippen molar-refractivity contribution in [3.05, 3.63) is 41.2 Å². The molecular weight excluding hydrogens is 340 g/mol. The van der Waals surface area contributed by atoms with Crippen molar-refractivity contribution in [1.82, 2.24) is 15.5 Å². The highest BCUT2D eigenvalue weighted by Gasteiger charge is 2.23. The Balaban J connectivity index is 0.00000182. The van der Waals surface area contributed by atoms with Gasteiger partial charge in [-0.2, -0.15) is 5.10 Å². The van der Waals surface area contributed by atoms with Crippen LogP contribution in [0, 0.1) is 0 Å². The first-order valence-corrected chi connectivity index (χ1v) is 8.65. The van der Waals surface area contributed by atoms with Gasteiger partial charge in [0, 0.05) is 30.8 Å². The highest BCUT2D eigenvalue weighted by molar-refractivity contribution is 6.04. The number of para-hydroxylation sites is 2. The van der Waals surface area contributed by atoms with Crippen LogP contribution in [0.5, 0.6) is 5.75 Å². The molecule has 0 saturated heterocycles. The Kier molecular flexibility index (Phi) is 5.60. The highest BCUT2D eigenvalue weighted by Crippen LogP contribution is 2.30. The largest absolute Gasteiger partial charge is 0.488 e. The van der Waals surface area contributed by atoms with E-state index in [1.54, 1.807) is 0 Å². The number of H-pyrrole nitrogens is 1. The molecule has 25 heavy (non-hydrogen) atoms. The molecule has 3 N–H and O–H groups in total. The maximum atomic E-state index is 12.7. The van der Waals surface area contributed by atoms with Gasteiger partial charge in [0.15, 0.2) is 5.69 Å². The summed E-state index contributed by atoms with van der Waals surface area (Å²) < 4.78 is 6.08. The van der Waals surface area contributed by atoms with Gasteiger partial charge < -0.3 is 15.4 Å².